The molecule has 1 unspecified atom stereocenters. The van der Waals surface area contributed by atoms with Crippen LogP contribution in [0.15, 0.2) is 51.8 Å². The van der Waals surface area contributed by atoms with Crippen LogP contribution in [0.5, 0.6) is 0 Å². The minimum Gasteiger partial charge on any atom is -0.385 e. The van der Waals surface area contributed by atoms with Crippen LogP contribution >= 0.6 is 27.3 Å². The average Bonchev–Trinajstić information content (AvgIpc) is 3.15. The molecule has 3 aromatic rings. The number of carbonyl (C=O) groups excluding carboxylic acids is 2. The van der Waals surface area contributed by atoms with Gasteiger partial charge in [-0.2, -0.15) is 0 Å². The molecule has 0 saturated carbocycles. The maximum absolute atomic E-state index is 13.4. The molecule has 1 aromatic heterocycles. The van der Waals surface area contributed by atoms with Gasteiger partial charge in [0.2, 0.25) is 5.91 Å². The van der Waals surface area contributed by atoms with Gasteiger partial charge in [0.05, 0.1) is 21.7 Å². The molecule has 11 heteroatoms. The number of fused-ring (bicyclic) bond motifs is 1. The Morgan fingerprint density at radius 1 is 1.22 bits per heavy atom. The third-order valence-electron chi connectivity index (χ3n) is 4.55. The SMILES string of the molecule is COCCCC(=O)CNC(=O)C(c1nc2ccc(Br)cc2s1)S(=O)(=O)c1ccc(F)cc1. The predicted octanol–water partition coefficient (Wildman–Crippen LogP) is 3.82. The van der Waals surface area contributed by atoms with Gasteiger partial charge in [0.25, 0.3) is 0 Å². The number of hydrogen-bond acceptors (Lipinski definition) is 7. The number of ketones is 1. The molecule has 170 valence electrons. The van der Waals surface area contributed by atoms with E-state index < -0.39 is 26.8 Å². The molecule has 0 aliphatic carbocycles. The Bertz CT molecular complexity index is 1230. The van der Waals surface area contributed by atoms with Crippen molar-refractivity contribution >= 4 is 59.0 Å². The fourth-order valence-electron chi connectivity index (χ4n) is 2.96. The molecule has 1 atom stereocenters. The van der Waals surface area contributed by atoms with Gasteiger partial charge in [0, 0.05) is 24.6 Å². The Kier molecular flexibility index (Phi) is 8.10. The number of sulfone groups is 1. The first-order valence-corrected chi connectivity index (χ1v) is 12.7. The van der Waals surface area contributed by atoms with Crippen LogP contribution in [-0.4, -0.2) is 45.4 Å². The third-order valence-corrected chi connectivity index (χ3v) is 8.26. The van der Waals surface area contributed by atoms with Crippen molar-refractivity contribution in [1.82, 2.24) is 10.3 Å². The molecule has 0 bridgehead atoms. The van der Waals surface area contributed by atoms with Crippen LogP contribution in [0.1, 0.15) is 23.1 Å². The molecule has 1 amide bonds. The van der Waals surface area contributed by atoms with E-state index >= 15 is 0 Å². The number of aromatic nitrogens is 1. The Labute approximate surface area is 197 Å². The van der Waals surface area contributed by atoms with Crippen molar-refractivity contribution < 1.29 is 27.1 Å². The number of rotatable bonds is 10. The molecule has 2 aromatic carbocycles. The molecular weight excluding hydrogens is 523 g/mol. The molecule has 1 heterocycles. The highest BCUT2D eigenvalue weighted by atomic mass is 79.9. The fourth-order valence-corrected chi connectivity index (χ4v) is 6.45. The maximum Gasteiger partial charge on any atom is 0.246 e. The molecule has 0 radical (unpaired) electrons. The molecule has 0 fully saturated rings. The van der Waals surface area contributed by atoms with Gasteiger partial charge >= 0.3 is 0 Å². The summed E-state index contributed by atoms with van der Waals surface area (Å²) in [5.74, 6) is -1.72. The first-order chi connectivity index (χ1) is 15.2. The number of Topliss-reactive ketones (excluding diaryl/α,β-unsaturated/α-hetero) is 1. The van der Waals surface area contributed by atoms with Crippen molar-refractivity contribution in [2.24, 2.45) is 0 Å². The van der Waals surface area contributed by atoms with Crippen molar-refractivity contribution in [3.8, 4) is 0 Å². The number of nitrogens with one attached hydrogen (secondary N) is 1. The van der Waals surface area contributed by atoms with Crippen LogP contribution in [0.25, 0.3) is 10.2 Å². The van der Waals surface area contributed by atoms with Crippen LogP contribution in [-0.2, 0) is 24.2 Å². The van der Waals surface area contributed by atoms with E-state index in [1.165, 1.54) is 7.11 Å². The number of carbonyl (C=O) groups is 2. The molecule has 32 heavy (non-hydrogen) atoms. The summed E-state index contributed by atoms with van der Waals surface area (Å²) in [4.78, 5) is 29.2. The Morgan fingerprint density at radius 3 is 2.62 bits per heavy atom. The second-order valence-electron chi connectivity index (χ2n) is 6.90. The fraction of sp³-hybridized carbons (Fsp3) is 0.286. The van der Waals surface area contributed by atoms with E-state index in [1.54, 1.807) is 18.2 Å². The number of nitrogens with zero attached hydrogens (tertiary/aromatic N) is 1. The number of ether oxygens (including phenoxy) is 1. The maximum atomic E-state index is 13.4. The van der Waals surface area contributed by atoms with Gasteiger partial charge in [-0.05, 0) is 48.9 Å². The van der Waals surface area contributed by atoms with Crippen LogP contribution in [0, 0.1) is 5.82 Å². The van der Waals surface area contributed by atoms with Crippen LogP contribution in [0.4, 0.5) is 4.39 Å². The molecule has 1 N–H and O–H groups in total. The zero-order chi connectivity index (χ0) is 23.3. The monoisotopic (exact) mass is 542 g/mol. The Balaban J connectivity index is 1.94. The smallest absolute Gasteiger partial charge is 0.246 e. The zero-order valence-electron chi connectivity index (χ0n) is 17.0. The minimum absolute atomic E-state index is 0.0618. The Hall–Kier alpha value is -2.21. The number of benzene rings is 2. The highest BCUT2D eigenvalue weighted by molar-refractivity contribution is 9.10. The summed E-state index contributed by atoms with van der Waals surface area (Å²) in [6.07, 6.45) is 0.688. The lowest BCUT2D eigenvalue weighted by Crippen LogP contribution is -2.37. The second kappa shape index (κ2) is 10.6. The summed E-state index contributed by atoms with van der Waals surface area (Å²) in [6.45, 7) is 0.0942. The summed E-state index contributed by atoms with van der Waals surface area (Å²) >= 11 is 4.42. The van der Waals surface area contributed by atoms with E-state index in [9.17, 15) is 22.4 Å². The number of thiazole rings is 1. The molecule has 7 nitrogen and oxygen atoms in total. The number of hydrogen-bond donors (Lipinski definition) is 1. The standard InChI is InChI=1S/C21H20BrFN2O5S2/c1-30-10-2-3-15(26)12-24-20(27)19(32(28,29)16-7-5-14(23)6-8-16)21-25-17-9-4-13(22)11-18(17)31-21/h4-9,11,19H,2-3,10,12H2,1H3,(H,24,27). The second-order valence-corrected chi connectivity index (χ2v) is 10.9. The van der Waals surface area contributed by atoms with Crippen LogP contribution in [0.3, 0.4) is 0 Å². The molecule has 0 spiro atoms. The number of methoxy groups -OCH3 is 1. The van der Waals surface area contributed by atoms with Crippen molar-refractivity contribution in [2.45, 2.75) is 23.0 Å². The summed E-state index contributed by atoms with van der Waals surface area (Å²) in [5.41, 5.74) is 0.538. The van der Waals surface area contributed by atoms with E-state index in [2.05, 4.69) is 26.2 Å². The highest BCUT2D eigenvalue weighted by Crippen LogP contribution is 2.35. The normalized spacial score (nSPS) is 12.6. The van der Waals surface area contributed by atoms with E-state index in [0.717, 1.165) is 40.1 Å². The van der Waals surface area contributed by atoms with Gasteiger partial charge in [-0.25, -0.2) is 17.8 Å². The lowest BCUT2D eigenvalue weighted by molar-refractivity contribution is -0.125. The summed E-state index contributed by atoms with van der Waals surface area (Å²) in [5, 5.41) is 0.803. The van der Waals surface area contributed by atoms with Gasteiger partial charge < -0.3 is 10.1 Å². The third kappa shape index (κ3) is 5.77. The van der Waals surface area contributed by atoms with Gasteiger partial charge in [0.15, 0.2) is 20.9 Å². The van der Waals surface area contributed by atoms with E-state index in [4.69, 9.17) is 4.74 Å². The molecule has 0 aliphatic rings. The first kappa shape index (κ1) is 24.4. The lowest BCUT2D eigenvalue weighted by atomic mass is 10.2. The minimum atomic E-state index is -4.27. The largest absolute Gasteiger partial charge is 0.385 e. The topological polar surface area (TPSA) is 102 Å². The first-order valence-electron chi connectivity index (χ1n) is 9.56. The van der Waals surface area contributed by atoms with Gasteiger partial charge in [-0.15, -0.1) is 11.3 Å². The molecule has 0 aliphatic heterocycles. The average molecular weight is 543 g/mol. The zero-order valence-corrected chi connectivity index (χ0v) is 20.2. The van der Waals surface area contributed by atoms with E-state index in [-0.39, 0.29) is 28.7 Å². The molecule has 3 rings (SSSR count). The van der Waals surface area contributed by atoms with Crippen molar-refractivity contribution in [2.75, 3.05) is 20.3 Å². The van der Waals surface area contributed by atoms with Crippen LogP contribution in [0.2, 0.25) is 0 Å². The summed E-state index contributed by atoms with van der Waals surface area (Å²) in [6, 6.07) is 9.46. The van der Waals surface area contributed by atoms with Gasteiger partial charge in [-0.1, -0.05) is 15.9 Å². The predicted molar refractivity (Wildman–Crippen MR) is 123 cm³/mol. The number of halogens is 2. The van der Waals surface area contributed by atoms with Gasteiger partial charge in [-0.3, -0.25) is 9.59 Å². The summed E-state index contributed by atoms with van der Waals surface area (Å²) in [7, 11) is -2.75. The molecule has 0 saturated heterocycles. The van der Waals surface area contributed by atoms with Crippen molar-refractivity contribution in [3.05, 3.63) is 57.8 Å². The van der Waals surface area contributed by atoms with Crippen LogP contribution < -0.4 is 5.32 Å². The van der Waals surface area contributed by atoms with Crippen molar-refractivity contribution in [1.29, 1.82) is 0 Å². The van der Waals surface area contributed by atoms with Gasteiger partial charge in [0.1, 0.15) is 10.8 Å². The highest BCUT2D eigenvalue weighted by Gasteiger charge is 2.38. The Morgan fingerprint density at radius 2 is 1.94 bits per heavy atom. The molecular formula is C21H20BrFN2O5S2. The quantitative estimate of drug-likeness (QED) is 0.308. The van der Waals surface area contributed by atoms with E-state index in [1.807, 2.05) is 0 Å². The lowest BCUT2D eigenvalue weighted by Gasteiger charge is -2.15. The summed E-state index contributed by atoms with van der Waals surface area (Å²) < 4.78 is 46.4. The van der Waals surface area contributed by atoms with Crippen molar-refractivity contribution in [3.63, 3.8) is 0 Å². The van der Waals surface area contributed by atoms with E-state index in [0.29, 0.717) is 23.2 Å². The number of amides is 1.